The zero-order valence-corrected chi connectivity index (χ0v) is 14.5. The first kappa shape index (κ1) is 19.1. The van der Waals surface area contributed by atoms with E-state index in [1.54, 1.807) is 4.90 Å². The predicted octanol–water partition coefficient (Wildman–Crippen LogP) is 1.71. The Hall–Kier alpha value is -2.19. The highest BCUT2D eigenvalue weighted by atomic mass is 35.5. The molecule has 2 rings (SSSR count). The van der Waals surface area contributed by atoms with Gasteiger partial charge in [0.1, 0.15) is 0 Å². The van der Waals surface area contributed by atoms with Gasteiger partial charge in [-0.1, -0.05) is 11.6 Å². The number of amides is 2. The Morgan fingerprint density at radius 3 is 2.80 bits per heavy atom. The van der Waals surface area contributed by atoms with E-state index in [2.05, 4.69) is 5.32 Å². The van der Waals surface area contributed by atoms with Crippen molar-refractivity contribution in [2.75, 3.05) is 19.6 Å². The van der Waals surface area contributed by atoms with Crippen LogP contribution in [0.5, 0.6) is 0 Å². The van der Waals surface area contributed by atoms with E-state index in [1.165, 1.54) is 18.2 Å². The second kappa shape index (κ2) is 8.77. The highest BCUT2D eigenvalue weighted by molar-refractivity contribution is 6.34. The lowest BCUT2D eigenvalue weighted by Crippen LogP contribution is -2.49. The zero-order valence-electron chi connectivity index (χ0n) is 13.7. The maximum absolute atomic E-state index is 12.8. The maximum atomic E-state index is 12.8. The summed E-state index contributed by atoms with van der Waals surface area (Å²) in [5, 5.41) is 13.6. The molecule has 1 saturated heterocycles. The fourth-order valence-electron chi connectivity index (χ4n) is 2.88. The van der Waals surface area contributed by atoms with Crippen LogP contribution in [0, 0.1) is 10.1 Å². The molecule has 0 bridgehead atoms. The molecular formula is C16H21ClN4O4. The summed E-state index contributed by atoms with van der Waals surface area (Å²) in [4.78, 5) is 36.3. The van der Waals surface area contributed by atoms with Gasteiger partial charge in [0.15, 0.2) is 0 Å². The zero-order chi connectivity index (χ0) is 18.4. The van der Waals surface area contributed by atoms with Gasteiger partial charge in [0.05, 0.1) is 15.5 Å². The van der Waals surface area contributed by atoms with E-state index in [9.17, 15) is 19.7 Å². The van der Waals surface area contributed by atoms with Crippen molar-refractivity contribution in [3.63, 3.8) is 0 Å². The first-order chi connectivity index (χ1) is 11.9. The number of hydrogen-bond donors (Lipinski definition) is 2. The summed E-state index contributed by atoms with van der Waals surface area (Å²) in [5.41, 5.74) is 5.42. The predicted molar refractivity (Wildman–Crippen MR) is 93.5 cm³/mol. The molecule has 9 heteroatoms. The molecule has 0 aliphatic carbocycles. The van der Waals surface area contributed by atoms with Crippen LogP contribution in [0.3, 0.4) is 0 Å². The van der Waals surface area contributed by atoms with E-state index >= 15 is 0 Å². The molecule has 8 nitrogen and oxygen atoms in total. The highest BCUT2D eigenvalue weighted by Crippen LogP contribution is 2.26. The van der Waals surface area contributed by atoms with Gasteiger partial charge in [-0.05, 0) is 25.3 Å². The van der Waals surface area contributed by atoms with Crippen molar-refractivity contribution in [1.29, 1.82) is 0 Å². The topological polar surface area (TPSA) is 119 Å². The molecule has 1 aliphatic rings. The van der Waals surface area contributed by atoms with E-state index in [0.717, 1.165) is 19.3 Å². The molecule has 136 valence electrons. The summed E-state index contributed by atoms with van der Waals surface area (Å²) in [6.45, 7) is 1.19. The van der Waals surface area contributed by atoms with Crippen molar-refractivity contribution in [2.45, 2.75) is 31.7 Å². The number of rotatable bonds is 6. The maximum Gasteiger partial charge on any atom is 0.270 e. The van der Waals surface area contributed by atoms with Gasteiger partial charge in [-0.25, -0.2) is 0 Å². The number of nitro benzene ring substituents is 1. The van der Waals surface area contributed by atoms with Gasteiger partial charge in [0.25, 0.3) is 11.6 Å². The van der Waals surface area contributed by atoms with Crippen molar-refractivity contribution in [3.05, 3.63) is 38.9 Å². The van der Waals surface area contributed by atoms with Crippen LogP contribution in [0.2, 0.25) is 5.02 Å². The number of nitrogens with two attached hydrogens (primary N) is 1. The van der Waals surface area contributed by atoms with Gasteiger partial charge in [-0.3, -0.25) is 19.7 Å². The number of nitrogens with zero attached hydrogens (tertiary/aromatic N) is 2. The summed E-state index contributed by atoms with van der Waals surface area (Å²) in [5.74, 6) is -0.425. The van der Waals surface area contributed by atoms with Crippen LogP contribution < -0.4 is 11.1 Å². The van der Waals surface area contributed by atoms with Gasteiger partial charge >= 0.3 is 0 Å². The number of benzene rings is 1. The third-order valence-corrected chi connectivity index (χ3v) is 4.50. The molecule has 0 spiro atoms. The molecule has 1 fully saturated rings. The Kier molecular flexibility index (Phi) is 6.72. The Balaban J connectivity index is 2.12. The SMILES string of the molecule is NCCC(=O)NCC1CCCCN1C(=O)c1ccc([N+](=O)[O-])cc1Cl. The number of non-ortho nitro benzene ring substituents is 1. The monoisotopic (exact) mass is 368 g/mol. The molecule has 1 heterocycles. The Bertz CT molecular complexity index is 668. The van der Waals surface area contributed by atoms with Gasteiger partial charge < -0.3 is 16.0 Å². The molecule has 1 aliphatic heterocycles. The minimum Gasteiger partial charge on any atom is -0.354 e. The molecule has 2 amide bonds. The largest absolute Gasteiger partial charge is 0.354 e. The number of carbonyl (C=O) groups is 2. The number of halogens is 1. The fraction of sp³-hybridized carbons (Fsp3) is 0.500. The lowest BCUT2D eigenvalue weighted by molar-refractivity contribution is -0.384. The summed E-state index contributed by atoms with van der Waals surface area (Å²) in [6, 6.07) is 3.69. The first-order valence-corrected chi connectivity index (χ1v) is 8.53. The van der Waals surface area contributed by atoms with Gasteiger partial charge in [0.2, 0.25) is 5.91 Å². The lowest BCUT2D eigenvalue weighted by Gasteiger charge is -2.36. The minimum atomic E-state index is -0.559. The van der Waals surface area contributed by atoms with Crippen molar-refractivity contribution >= 4 is 29.1 Å². The number of nitro groups is 1. The summed E-state index contributed by atoms with van der Waals surface area (Å²) in [6.07, 6.45) is 2.85. The second-order valence-corrected chi connectivity index (χ2v) is 6.32. The van der Waals surface area contributed by atoms with Crippen LogP contribution in [0.25, 0.3) is 0 Å². The summed E-state index contributed by atoms with van der Waals surface area (Å²) >= 11 is 6.07. The van der Waals surface area contributed by atoms with Crippen molar-refractivity contribution in [2.24, 2.45) is 5.73 Å². The van der Waals surface area contributed by atoms with Crippen molar-refractivity contribution in [3.8, 4) is 0 Å². The average molecular weight is 369 g/mol. The Morgan fingerprint density at radius 2 is 2.16 bits per heavy atom. The smallest absolute Gasteiger partial charge is 0.270 e. The van der Waals surface area contributed by atoms with Crippen LogP contribution >= 0.6 is 11.6 Å². The van der Waals surface area contributed by atoms with E-state index in [-0.39, 0.29) is 47.1 Å². The van der Waals surface area contributed by atoms with Crippen molar-refractivity contribution in [1.82, 2.24) is 10.2 Å². The Morgan fingerprint density at radius 1 is 1.40 bits per heavy atom. The molecule has 1 aromatic rings. The number of hydrogen-bond acceptors (Lipinski definition) is 5. The van der Waals surface area contributed by atoms with Gasteiger partial charge in [-0.15, -0.1) is 0 Å². The molecule has 1 unspecified atom stereocenters. The fourth-order valence-corrected chi connectivity index (χ4v) is 3.13. The highest BCUT2D eigenvalue weighted by Gasteiger charge is 2.29. The molecular weight excluding hydrogens is 348 g/mol. The molecule has 0 saturated carbocycles. The molecule has 1 atom stereocenters. The van der Waals surface area contributed by atoms with Crippen LogP contribution in [0.15, 0.2) is 18.2 Å². The van der Waals surface area contributed by atoms with Crippen LogP contribution in [0.1, 0.15) is 36.0 Å². The molecule has 1 aromatic carbocycles. The van der Waals surface area contributed by atoms with Crippen LogP contribution in [-0.4, -0.2) is 47.3 Å². The van der Waals surface area contributed by atoms with Gasteiger partial charge in [-0.2, -0.15) is 0 Å². The Labute approximate surface area is 150 Å². The molecule has 3 N–H and O–H groups in total. The van der Waals surface area contributed by atoms with E-state index in [4.69, 9.17) is 17.3 Å². The first-order valence-electron chi connectivity index (χ1n) is 8.15. The van der Waals surface area contributed by atoms with Crippen molar-refractivity contribution < 1.29 is 14.5 Å². The van der Waals surface area contributed by atoms with E-state index < -0.39 is 4.92 Å². The van der Waals surface area contributed by atoms with Crippen LogP contribution in [0.4, 0.5) is 5.69 Å². The number of piperidine rings is 1. The summed E-state index contributed by atoms with van der Waals surface area (Å²) < 4.78 is 0. The number of carbonyl (C=O) groups excluding carboxylic acids is 2. The lowest BCUT2D eigenvalue weighted by atomic mass is 10.0. The number of likely N-dealkylation sites (tertiary alicyclic amines) is 1. The molecule has 0 radical (unpaired) electrons. The normalized spacial score (nSPS) is 17.2. The third kappa shape index (κ3) is 4.90. The third-order valence-electron chi connectivity index (χ3n) is 4.19. The molecule has 0 aromatic heterocycles. The van der Waals surface area contributed by atoms with E-state index in [1.807, 2.05) is 0 Å². The van der Waals surface area contributed by atoms with E-state index in [0.29, 0.717) is 13.1 Å². The van der Waals surface area contributed by atoms with Crippen LogP contribution in [-0.2, 0) is 4.79 Å². The molecule has 25 heavy (non-hydrogen) atoms. The summed E-state index contributed by atoms with van der Waals surface area (Å²) in [7, 11) is 0. The standard InChI is InChI=1S/C16H21ClN4O4/c17-14-9-11(21(24)25)4-5-13(14)16(23)20-8-2-1-3-12(20)10-19-15(22)6-7-18/h4-5,9,12H,1-3,6-8,10,18H2,(H,19,22). The number of nitrogens with one attached hydrogen (secondary N) is 1. The second-order valence-electron chi connectivity index (χ2n) is 5.91. The van der Waals surface area contributed by atoms with Gasteiger partial charge in [0, 0.05) is 44.2 Å². The average Bonchev–Trinajstić information content (AvgIpc) is 2.59. The quantitative estimate of drug-likeness (QED) is 0.585. The minimum absolute atomic E-state index is 0.0516.